The predicted octanol–water partition coefficient (Wildman–Crippen LogP) is 5.59. The van der Waals surface area contributed by atoms with Crippen LogP contribution in [-0.2, 0) is 5.41 Å². The van der Waals surface area contributed by atoms with E-state index in [0.29, 0.717) is 0 Å². The Morgan fingerprint density at radius 3 is 2.18 bits per heavy atom. The minimum atomic E-state index is -1.04. The van der Waals surface area contributed by atoms with Crippen LogP contribution in [0.2, 0.25) is 0 Å². The quantitative estimate of drug-likeness (QED) is 0.516. The van der Waals surface area contributed by atoms with E-state index in [9.17, 15) is 15.3 Å². The molecule has 0 saturated heterocycles. The maximum absolute atomic E-state index is 12.3. The summed E-state index contributed by atoms with van der Waals surface area (Å²) in [4.78, 5) is 12.3. The lowest BCUT2D eigenvalue weighted by atomic mass is 9.80. The summed E-state index contributed by atoms with van der Waals surface area (Å²) in [5.74, 6) is 0.152. The van der Waals surface area contributed by atoms with Crippen molar-refractivity contribution in [3.05, 3.63) is 71.3 Å². The lowest BCUT2D eigenvalue weighted by Crippen LogP contribution is -2.19. The molecule has 0 spiro atoms. The molecule has 2 rings (SSSR count). The van der Waals surface area contributed by atoms with Crippen LogP contribution in [0.3, 0.4) is 0 Å². The fourth-order valence-electron chi connectivity index (χ4n) is 2.83. The largest absolute Gasteiger partial charge is 0.519 e. The molecule has 0 aliphatic carbocycles. The van der Waals surface area contributed by atoms with Gasteiger partial charge in [-0.2, -0.15) is 10.5 Å². The second-order valence-electron chi connectivity index (χ2n) is 6.99. The van der Waals surface area contributed by atoms with E-state index < -0.39 is 6.16 Å². The van der Waals surface area contributed by atoms with Crippen molar-refractivity contribution in [3.63, 3.8) is 0 Å². The zero-order valence-electron chi connectivity index (χ0n) is 16.1. The van der Waals surface area contributed by atoms with Crippen LogP contribution in [0.1, 0.15) is 48.6 Å². The summed E-state index contributed by atoms with van der Waals surface area (Å²) in [6, 6.07) is 12.0. The van der Waals surface area contributed by atoms with E-state index in [4.69, 9.17) is 9.47 Å². The summed E-state index contributed by atoms with van der Waals surface area (Å²) in [5.41, 5.74) is 2.28. The van der Waals surface area contributed by atoms with E-state index in [1.54, 1.807) is 30.4 Å². The number of carbonyl (C=O) groups is 1. The molecule has 0 saturated carbocycles. The van der Waals surface area contributed by atoms with Crippen molar-refractivity contribution >= 4 is 18.3 Å². The lowest BCUT2D eigenvalue weighted by Gasteiger charge is -2.24. The van der Waals surface area contributed by atoms with Gasteiger partial charge in [0.25, 0.3) is 0 Å². The van der Waals surface area contributed by atoms with Crippen LogP contribution < -0.4 is 9.47 Å². The SMILES string of the molecule is C=Cc1ccc(OC(=O)Oc2ccc(C=C)c(C(C)(C)C)c2C#N)c(C#N)c1. The molecule has 2 aromatic carbocycles. The standard InChI is InChI=1S/C23H20N2O3/c1-6-15-8-10-19(17(12-15)13-24)27-22(26)28-20-11-9-16(7-2)21(18(20)14-25)23(3,4)5/h6-12H,1-2H2,3-5H3. The van der Waals surface area contributed by atoms with Crippen LogP contribution in [0.15, 0.2) is 43.5 Å². The van der Waals surface area contributed by atoms with E-state index >= 15 is 0 Å². The third-order valence-electron chi connectivity index (χ3n) is 4.03. The second-order valence-corrected chi connectivity index (χ2v) is 6.99. The van der Waals surface area contributed by atoms with Crippen LogP contribution in [0.5, 0.6) is 11.5 Å². The molecule has 0 amide bonds. The zero-order valence-corrected chi connectivity index (χ0v) is 16.1. The van der Waals surface area contributed by atoms with Gasteiger partial charge in [0.05, 0.1) is 11.1 Å². The topological polar surface area (TPSA) is 83.1 Å². The van der Waals surface area contributed by atoms with E-state index in [-0.39, 0.29) is 28.0 Å². The van der Waals surface area contributed by atoms with Crippen LogP contribution in [0, 0.1) is 22.7 Å². The minimum absolute atomic E-state index is 0.0652. The van der Waals surface area contributed by atoms with Gasteiger partial charge in [0, 0.05) is 0 Å². The molecule has 0 radical (unpaired) electrons. The van der Waals surface area contributed by atoms with Crippen LogP contribution in [0.25, 0.3) is 12.2 Å². The molecule has 28 heavy (non-hydrogen) atoms. The van der Waals surface area contributed by atoms with E-state index in [1.807, 2.05) is 26.8 Å². The van der Waals surface area contributed by atoms with Gasteiger partial charge in [0.2, 0.25) is 0 Å². The Bertz CT molecular complexity index is 1030. The van der Waals surface area contributed by atoms with Crippen molar-refractivity contribution in [1.29, 1.82) is 10.5 Å². The minimum Gasteiger partial charge on any atom is -0.393 e. The number of ether oxygens (including phenoxy) is 2. The molecule has 0 aliphatic rings. The van der Waals surface area contributed by atoms with Crippen LogP contribution in [0.4, 0.5) is 4.79 Å². The Morgan fingerprint density at radius 2 is 1.64 bits per heavy atom. The van der Waals surface area contributed by atoms with Crippen LogP contribution >= 0.6 is 0 Å². The number of nitriles is 2. The van der Waals surface area contributed by atoms with Gasteiger partial charge in [-0.15, -0.1) is 0 Å². The molecule has 0 heterocycles. The number of rotatable bonds is 4. The van der Waals surface area contributed by atoms with Crippen molar-refractivity contribution < 1.29 is 14.3 Å². The van der Waals surface area contributed by atoms with Gasteiger partial charge < -0.3 is 9.47 Å². The Morgan fingerprint density at radius 1 is 1.00 bits per heavy atom. The van der Waals surface area contributed by atoms with Gasteiger partial charge in [0.1, 0.15) is 12.1 Å². The summed E-state index contributed by atoms with van der Waals surface area (Å²) in [6.45, 7) is 13.3. The molecule has 140 valence electrons. The van der Waals surface area contributed by atoms with Gasteiger partial charge in [0.15, 0.2) is 11.5 Å². The van der Waals surface area contributed by atoms with Crippen molar-refractivity contribution in [2.75, 3.05) is 0 Å². The molecule has 0 bridgehead atoms. The summed E-state index contributed by atoms with van der Waals surface area (Å²) < 4.78 is 10.5. The molecular formula is C23H20N2O3. The van der Waals surface area contributed by atoms with Crippen LogP contribution in [-0.4, -0.2) is 6.16 Å². The molecule has 0 fully saturated rings. The highest BCUT2D eigenvalue weighted by atomic mass is 16.7. The number of benzene rings is 2. The third-order valence-corrected chi connectivity index (χ3v) is 4.03. The average molecular weight is 372 g/mol. The maximum atomic E-state index is 12.3. The molecule has 5 nitrogen and oxygen atoms in total. The summed E-state index contributed by atoms with van der Waals surface area (Å²) in [6.07, 6.45) is 2.20. The van der Waals surface area contributed by atoms with Crippen molar-refractivity contribution in [2.24, 2.45) is 0 Å². The van der Waals surface area contributed by atoms with Gasteiger partial charge in [-0.25, -0.2) is 4.79 Å². The number of hydrogen-bond acceptors (Lipinski definition) is 5. The fraction of sp³-hybridized carbons (Fsp3) is 0.174. The Hall–Kier alpha value is -3.83. The van der Waals surface area contributed by atoms with Crippen molar-refractivity contribution in [2.45, 2.75) is 26.2 Å². The Labute approximate surface area is 164 Å². The highest BCUT2D eigenvalue weighted by Gasteiger charge is 2.25. The van der Waals surface area contributed by atoms with E-state index in [1.165, 1.54) is 12.1 Å². The predicted molar refractivity (Wildman–Crippen MR) is 108 cm³/mol. The number of carbonyl (C=O) groups excluding carboxylic acids is 1. The molecule has 0 aliphatic heterocycles. The first-order chi connectivity index (χ1) is 13.2. The lowest BCUT2D eigenvalue weighted by molar-refractivity contribution is 0.151. The molecule has 0 aromatic heterocycles. The van der Waals surface area contributed by atoms with Crippen molar-refractivity contribution in [1.82, 2.24) is 0 Å². The van der Waals surface area contributed by atoms with Gasteiger partial charge in [-0.05, 0) is 40.3 Å². The highest BCUT2D eigenvalue weighted by Crippen LogP contribution is 2.35. The van der Waals surface area contributed by atoms with Crippen molar-refractivity contribution in [3.8, 4) is 23.6 Å². The Balaban J connectivity index is 2.38. The number of hydrogen-bond donors (Lipinski definition) is 0. The van der Waals surface area contributed by atoms with Gasteiger partial charge in [-0.1, -0.05) is 58.2 Å². The summed E-state index contributed by atoms with van der Waals surface area (Å²) in [7, 11) is 0. The monoisotopic (exact) mass is 372 g/mol. The first kappa shape index (κ1) is 20.5. The maximum Gasteiger partial charge on any atom is 0.519 e. The fourth-order valence-corrected chi connectivity index (χ4v) is 2.83. The molecule has 5 heteroatoms. The summed E-state index contributed by atoms with van der Waals surface area (Å²) in [5, 5.41) is 18.9. The summed E-state index contributed by atoms with van der Waals surface area (Å²) >= 11 is 0. The first-order valence-corrected chi connectivity index (χ1v) is 8.51. The molecule has 0 unspecified atom stereocenters. The molecular weight excluding hydrogens is 352 g/mol. The third kappa shape index (κ3) is 4.28. The Kier molecular flexibility index (Phi) is 6.03. The molecule has 0 N–H and O–H groups in total. The first-order valence-electron chi connectivity index (χ1n) is 8.51. The molecule has 0 atom stereocenters. The number of nitrogens with zero attached hydrogens (tertiary/aromatic N) is 2. The molecule has 2 aromatic rings. The smallest absolute Gasteiger partial charge is 0.393 e. The zero-order chi connectivity index (χ0) is 20.9. The van der Waals surface area contributed by atoms with Gasteiger partial charge >= 0.3 is 6.16 Å². The van der Waals surface area contributed by atoms with Gasteiger partial charge in [-0.3, -0.25) is 0 Å². The normalized spacial score (nSPS) is 10.3. The van der Waals surface area contributed by atoms with E-state index in [2.05, 4.69) is 19.2 Å². The second kappa shape index (κ2) is 8.24. The highest BCUT2D eigenvalue weighted by molar-refractivity contribution is 5.72. The average Bonchev–Trinajstić information content (AvgIpc) is 2.66. The van der Waals surface area contributed by atoms with E-state index in [0.717, 1.165) is 16.7 Å².